The predicted octanol–water partition coefficient (Wildman–Crippen LogP) is 0.566. The molecule has 5 heteroatoms. The van der Waals surface area contributed by atoms with Crippen LogP contribution in [0.5, 0.6) is 0 Å². The second-order valence-corrected chi connectivity index (χ2v) is 1.99. The molecular formula is C7H9NO4. The topological polar surface area (TPSA) is 76.0 Å². The normalized spacial score (nSPS) is 11.7. The zero-order chi connectivity index (χ0) is 9.56. The molecule has 0 aromatic rings. The zero-order valence-corrected chi connectivity index (χ0v) is 6.77. The predicted molar refractivity (Wildman–Crippen MR) is 41.7 cm³/mol. The summed E-state index contributed by atoms with van der Waals surface area (Å²) in [6.45, 7) is 2.72. The summed E-state index contributed by atoms with van der Waals surface area (Å²) in [6.07, 6.45) is 2.13. The summed E-state index contributed by atoms with van der Waals surface area (Å²) in [6, 6.07) is 0. The van der Waals surface area contributed by atoms with E-state index in [9.17, 15) is 9.59 Å². The minimum atomic E-state index is -1.08. The summed E-state index contributed by atoms with van der Waals surface area (Å²) in [4.78, 5) is 24.4. The van der Waals surface area contributed by atoms with E-state index in [1.54, 1.807) is 0 Å². The Labute approximate surface area is 69.3 Å². The number of carboxylic acid groups (broad SMARTS) is 1. The number of aliphatic carboxylic acids is 1. The van der Waals surface area contributed by atoms with Crippen LogP contribution in [-0.4, -0.2) is 22.8 Å². The van der Waals surface area contributed by atoms with Gasteiger partial charge in [0.05, 0.1) is 5.71 Å². The Hall–Kier alpha value is -1.65. The highest BCUT2D eigenvalue weighted by Gasteiger charge is 1.91. The van der Waals surface area contributed by atoms with Gasteiger partial charge in [0.2, 0.25) is 0 Å². The van der Waals surface area contributed by atoms with Crippen LogP contribution < -0.4 is 0 Å². The molecule has 0 rings (SSSR count). The Balaban J connectivity index is 4.02. The molecule has 66 valence electrons. The van der Waals surface area contributed by atoms with E-state index >= 15 is 0 Å². The maximum Gasteiger partial charge on any atom is 0.331 e. The monoisotopic (exact) mass is 171 g/mol. The lowest BCUT2D eigenvalue weighted by Gasteiger charge is -1.90. The van der Waals surface area contributed by atoms with Crippen LogP contribution in [0.25, 0.3) is 0 Å². The van der Waals surface area contributed by atoms with E-state index < -0.39 is 11.9 Å². The van der Waals surface area contributed by atoms with E-state index in [4.69, 9.17) is 5.11 Å². The van der Waals surface area contributed by atoms with E-state index in [2.05, 4.69) is 9.99 Å². The van der Waals surface area contributed by atoms with Crippen molar-refractivity contribution < 1.29 is 19.5 Å². The molecule has 0 heterocycles. The van der Waals surface area contributed by atoms with Gasteiger partial charge in [0.25, 0.3) is 0 Å². The van der Waals surface area contributed by atoms with Gasteiger partial charge in [-0.25, -0.2) is 9.59 Å². The lowest BCUT2D eigenvalue weighted by molar-refractivity contribution is -0.141. The number of carbonyl (C=O) groups excluding carboxylic acids is 1. The number of hydrogen-bond acceptors (Lipinski definition) is 4. The van der Waals surface area contributed by atoms with Crippen LogP contribution in [0.3, 0.4) is 0 Å². The van der Waals surface area contributed by atoms with Gasteiger partial charge in [-0.1, -0.05) is 5.16 Å². The van der Waals surface area contributed by atoms with Gasteiger partial charge in [0.15, 0.2) is 0 Å². The fourth-order valence-corrected chi connectivity index (χ4v) is 0.359. The maximum atomic E-state index is 10.2. The third-order valence-electron chi connectivity index (χ3n) is 0.785. The number of carboxylic acids is 1. The highest BCUT2D eigenvalue weighted by molar-refractivity contribution is 5.97. The average molecular weight is 171 g/mol. The Bertz CT molecular complexity index is 242. The van der Waals surface area contributed by atoms with Crippen LogP contribution >= 0.6 is 0 Å². The molecule has 0 aliphatic heterocycles. The summed E-state index contributed by atoms with van der Waals surface area (Å²) in [5, 5.41) is 11.5. The first-order chi connectivity index (χ1) is 5.52. The van der Waals surface area contributed by atoms with Crippen LogP contribution in [0.4, 0.5) is 0 Å². The number of nitrogens with zero attached hydrogens (tertiary/aromatic N) is 1. The van der Waals surface area contributed by atoms with Gasteiger partial charge in [0.1, 0.15) is 0 Å². The van der Waals surface area contributed by atoms with E-state index in [1.807, 2.05) is 0 Å². The lowest BCUT2D eigenvalue weighted by Crippen LogP contribution is -1.96. The third kappa shape index (κ3) is 6.47. The SMILES string of the molecule is CC(=O)O/N=C(C)/C=C/C(=O)O. The molecule has 0 aromatic carbocycles. The first-order valence-corrected chi connectivity index (χ1v) is 3.15. The van der Waals surface area contributed by atoms with Crippen molar-refractivity contribution in [3.63, 3.8) is 0 Å². The minimum Gasteiger partial charge on any atom is -0.478 e. The summed E-state index contributed by atoms with van der Waals surface area (Å²) < 4.78 is 0. The Morgan fingerprint density at radius 3 is 2.33 bits per heavy atom. The number of hydrogen-bond donors (Lipinski definition) is 1. The van der Waals surface area contributed by atoms with Crippen molar-refractivity contribution in [2.75, 3.05) is 0 Å². The summed E-state index contributed by atoms with van der Waals surface area (Å²) in [5.41, 5.74) is 0.313. The molecule has 1 N–H and O–H groups in total. The van der Waals surface area contributed by atoms with E-state index in [1.165, 1.54) is 19.9 Å². The van der Waals surface area contributed by atoms with Crippen LogP contribution in [0.15, 0.2) is 17.3 Å². The zero-order valence-electron chi connectivity index (χ0n) is 6.77. The van der Waals surface area contributed by atoms with Gasteiger partial charge in [-0.05, 0) is 13.0 Å². The number of oxime groups is 1. The molecular weight excluding hydrogens is 162 g/mol. The average Bonchev–Trinajstić information content (AvgIpc) is 1.96. The molecule has 12 heavy (non-hydrogen) atoms. The second kappa shape index (κ2) is 5.06. The van der Waals surface area contributed by atoms with Gasteiger partial charge >= 0.3 is 11.9 Å². The van der Waals surface area contributed by atoms with Crippen molar-refractivity contribution in [3.05, 3.63) is 12.2 Å². The van der Waals surface area contributed by atoms with Gasteiger partial charge in [-0.3, -0.25) is 0 Å². The van der Waals surface area contributed by atoms with Crippen molar-refractivity contribution in [1.29, 1.82) is 0 Å². The molecule has 0 fully saturated rings. The molecule has 0 aliphatic rings. The first kappa shape index (κ1) is 10.3. The highest BCUT2D eigenvalue weighted by Crippen LogP contribution is 1.84. The van der Waals surface area contributed by atoms with E-state index in [0.29, 0.717) is 5.71 Å². The van der Waals surface area contributed by atoms with Gasteiger partial charge in [-0.2, -0.15) is 0 Å². The van der Waals surface area contributed by atoms with Crippen LogP contribution in [-0.2, 0) is 14.4 Å². The summed E-state index contributed by atoms with van der Waals surface area (Å²) >= 11 is 0. The van der Waals surface area contributed by atoms with Crippen molar-refractivity contribution in [2.24, 2.45) is 5.16 Å². The quantitative estimate of drug-likeness (QED) is 0.291. The van der Waals surface area contributed by atoms with Gasteiger partial charge < -0.3 is 9.94 Å². The first-order valence-electron chi connectivity index (χ1n) is 3.15. The standard InChI is InChI=1S/C7H9NO4/c1-5(3-4-7(10)11)8-12-6(2)9/h3-4H,1-2H3,(H,10,11)/b4-3+,8-5+. The second-order valence-electron chi connectivity index (χ2n) is 1.99. The Morgan fingerprint density at radius 2 is 1.92 bits per heavy atom. The molecule has 0 saturated carbocycles. The fourth-order valence-electron chi connectivity index (χ4n) is 0.359. The van der Waals surface area contributed by atoms with E-state index in [0.717, 1.165) is 6.08 Å². The summed E-state index contributed by atoms with van der Waals surface area (Å²) in [7, 11) is 0. The Kier molecular flexibility index (Phi) is 4.36. The molecule has 0 unspecified atom stereocenters. The van der Waals surface area contributed by atoms with Crippen molar-refractivity contribution in [2.45, 2.75) is 13.8 Å². The van der Waals surface area contributed by atoms with E-state index in [-0.39, 0.29) is 0 Å². The maximum absolute atomic E-state index is 10.2. The van der Waals surface area contributed by atoms with Crippen molar-refractivity contribution in [1.82, 2.24) is 0 Å². The van der Waals surface area contributed by atoms with Gasteiger partial charge in [0, 0.05) is 13.0 Å². The number of rotatable bonds is 3. The molecule has 0 aliphatic carbocycles. The molecule has 0 atom stereocenters. The largest absolute Gasteiger partial charge is 0.478 e. The molecule has 5 nitrogen and oxygen atoms in total. The van der Waals surface area contributed by atoms with Crippen molar-refractivity contribution >= 4 is 17.7 Å². The van der Waals surface area contributed by atoms with Crippen LogP contribution in [0, 0.1) is 0 Å². The summed E-state index contributed by atoms with van der Waals surface area (Å²) in [5.74, 6) is -1.62. The molecule has 0 saturated heterocycles. The smallest absolute Gasteiger partial charge is 0.331 e. The fraction of sp³-hybridized carbons (Fsp3) is 0.286. The lowest BCUT2D eigenvalue weighted by atomic mass is 10.4. The highest BCUT2D eigenvalue weighted by atomic mass is 16.7. The van der Waals surface area contributed by atoms with Crippen LogP contribution in [0.1, 0.15) is 13.8 Å². The van der Waals surface area contributed by atoms with Crippen LogP contribution in [0.2, 0.25) is 0 Å². The van der Waals surface area contributed by atoms with Gasteiger partial charge in [-0.15, -0.1) is 0 Å². The molecule has 0 spiro atoms. The minimum absolute atomic E-state index is 0.313. The number of carbonyl (C=O) groups is 2. The molecule has 0 bridgehead atoms. The third-order valence-corrected chi connectivity index (χ3v) is 0.785. The Morgan fingerprint density at radius 1 is 1.33 bits per heavy atom. The molecule has 0 amide bonds. The number of allylic oxidation sites excluding steroid dienone is 1. The van der Waals surface area contributed by atoms with Crippen molar-refractivity contribution in [3.8, 4) is 0 Å². The molecule has 0 radical (unpaired) electrons. The molecule has 0 aromatic heterocycles.